The number of carbonyl (C=O) groups excluding carboxylic acids is 1. The quantitative estimate of drug-likeness (QED) is 0.774. The van der Waals surface area contributed by atoms with E-state index in [1.807, 2.05) is 0 Å². The summed E-state index contributed by atoms with van der Waals surface area (Å²) in [6.07, 6.45) is 1.42. The highest BCUT2D eigenvalue weighted by Gasteiger charge is 2.19. The molecule has 0 saturated carbocycles. The first-order valence-electron chi connectivity index (χ1n) is 6.10. The molecule has 0 bridgehead atoms. The Labute approximate surface area is 112 Å². The number of hydrogen-bond donors (Lipinski definition) is 2. The Hall–Kier alpha value is -1.54. The Morgan fingerprint density at radius 3 is 2.72 bits per heavy atom. The SMILES string of the molecule is CCC(=O)c1sc(NCCC(C)C)c(C#N)c1N. The fourth-order valence-electron chi connectivity index (χ4n) is 1.52. The van der Waals surface area contributed by atoms with Gasteiger partial charge < -0.3 is 11.1 Å². The molecule has 98 valence electrons. The number of nitrogens with two attached hydrogens (primary N) is 1. The van der Waals surface area contributed by atoms with Crippen LogP contribution < -0.4 is 11.1 Å². The smallest absolute Gasteiger partial charge is 0.174 e. The topological polar surface area (TPSA) is 78.9 Å². The van der Waals surface area contributed by atoms with Gasteiger partial charge in [-0.2, -0.15) is 5.26 Å². The molecule has 3 N–H and O–H groups in total. The van der Waals surface area contributed by atoms with Gasteiger partial charge in [-0.15, -0.1) is 11.3 Å². The molecule has 0 aromatic carbocycles. The lowest BCUT2D eigenvalue weighted by Crippen LogP contribution is -2.04. The van der Waals surface area contributed by atoms with Crippen molar-refractivity contribution in [3.63, 3.8) is 0 Å². The van der Waals surface area contributed by atoms with Gasteiger partial charge in [0.1, 0.15) is 16.6 Å². The minimum absolute atomic E-state index is 0.00842. The minimum Gasteiger partial charge on any atom is -0.396 e. The summed E-state index contributed by atoms with van der Waals surface area (Å²) in [6.45, 7) is 6.86. The van der Waals surface area contributed by atoms with Crippen molar-refractivity contribution in [3.8, 4) is 6.07 Å². The fraction of sp³-hybridized carbons (Fsp3) is 0.538. The summed E-state index contributed by atoms with van der Waals surface area (Å²) < 4.78 is 0. The van der Waals surface area contributed by atoms with E-state index in [4.69, 9.17) is 11.0 Å². The van der Waals surface area contributed by atoms with Crippen molar-refractivity contribution >= 4 is 27.8 Å². The lowest BCUT2D eigenvalue weighted by molar-refractivity contribution is 0.0993. The van der Waals surface area contributed by atoms with E-state index < -0.39 is 0 Å². The fourth-order valence-corrected chi connectivity index (χ4v) is 2.63. The van der Waals surface area contributed by atoms with Gasteiger partial charge in [0.25, 0.3) is 0 Å². The van der Waals surface area contributed by atoms with Gasteiger partial charge in [0.15, 0.2) is 5.78 Å². The average molecular weight is 265 g/mol. The summed E-state index contributed by atoms with van der Waals surface area (Å²) in [6, 6.07) is 2.07. The molecule has 0 radical (unpaired) electrons. The molecule has 5 heteroatoms. The first-order valence-corrected chi connectivity index (χ1v) is 6.92. The van der Waals surface area contributed by atoms with E-state index >= 15 is 0 Å². The number of hydrogen-bond acceptors (Lipinski definition) is 5. The van der Waals surface area contributed by atoms with Crippen molar-refractivity contribution in [2.24, 2.45) is 5.92 Å². The van der Waals surface area contributed by atoms with Crippen LogP contribution in [-0.4, -0.2) is 12.3 Å². The summed E-state index contributed by atoms with van der Waals surface area (Å²) in [5, 5.41) is 13.0. The zero-order valence-electron chi connectivity index (χ0n) is 11.0. The number of nitrogen functional groups attached to an aromatic ring is 1. The lowest BCUT2D eigenvalue weighted by Gasteiger charge is -2.06. The van der Waals surface area contributed by atoms with E-state index in [2.05, 4.69) is 25.2 Å². The zero-order valence-corrected chi connectivity index (χ0v) is 11.9. The van der Waals surface area contributed by atoms with Gasteiger partial charge >= 0.3 is 0 Å². The van der Waals surface area contributed by atoms with Crippen molar-refractivity contribution in [2.75, 3.05) is 17.6 Å². The number of rotatable bonds is 6. The predicted octanol–water partition coefficient (Wildman–Crippen LogP) is 3.25. The third-order valence-corrected chi connectivity index (χ3v) is 3.84. The second-order valence-electron chi connectivity index (χ2n) is 4.55. The van der Waals surface area contributed by atoms with Crippen LogP contribution in [0.15, 0.2) is 0 Å². The van der Waals surface area contributed by atoms with Crippen molar-refractivity contribution in [2.45, 2.75) is 33.6 Å². The molecule has 0 aliphatic rings. The van der Waals surface area contributed by atoms with Gasteiger partial charge in [0.05, 0.1) is 10.6 Å². The van der Waals surface area contributed by atoms with Gasteiger partial charge in [-0.3, -0.25) is 4.79 Å². The molecule has 0 spiro atoms. The monoisotopic (exact) mass is 265 g/mol. The Kier molecular flexibility index (Phi) is 5.17. The standard InChI is InChI=1S/C13H19N3OS/c1-4-10(17)12-11(15)9(7-14)13(18-12)16-6-5-8(2)3/h8,16H,4-6,15H2,1-3H3. The molecule has 0 amide bonds. The van der Waals surface area contributed by atoms with Crippen LogP contribution in [0.4, 0.5) is 10.7 Å². The molecule has 1 heterocycles. The number of nitrogens with one attached hydrogen (secondary N) is 1. The Morgan fingerprint density at radius 2 is 2.22 bits per heavy atom. The maximum atomic E-state index is 11.7. The molecule has 0 fully saturated rings. The molecule has 0 unspecified atom stereocenters. The molecule has 1 rings (SSSR count). The maximum absolute atomic E-state index is 11.7. The number of nitriles is 1. The van der Waals surface area contributed by atoms with Crippen LogP contribution in [-0.2, 0) is 0 Å². The van der Waals surface area contributed by atoms with Crippen LogP contribution in [0.1, 0.15) is 48.8 Å². The Morgan fingerprint density at radius 1 is 1.56 bits per heavy atom. The largest absolute Gasteiger partial charge is 0.396 e. The minimum atomic E-state index is -0.00842. The predicted molar refractivity (Wildman–Crippen MR) is 76.0 cm³/mol. The van der Waals surface area contributed by atoms with Crippen LogP contribution >= 0.6 is 11.3 Å². The molecular formula is C13H19N3OS. The van der Waals surface area contributed by atoms with Gasteiger partial charge in [-0.1, -0.05) is 20.8 Å². The number of Topliss-reactive ketones (excluding diaryl/α,β-unsaturated/α-hetero) is 1. The summed E-state index contributed by atoms with van der Waals surface area (Å²) in [5.74, 6) is 0.586. The van der Waals surface area contributed by atoms with Gasteiger partial charge in [0, 0.05) is 13.0 Å². The van der Waals surface area contributed by atoms with E-state index in [1.54, 1.807) is 6.92 Å². The van der Waals surface area contributed by atoms with E-state index in [1.165, 1.54) is 11.3 Å². The molecule has 0 aliphatic heterocycles. The average Bonchev–Trinajstić information content (AvgIpc) is 2.64. The van der Waals surface area contributed by atoms with Crippen molar-refractivity contribution in [1.29, 1.82) is 5.26 Å². The summed E-state index contributed by atoms with van der Waals surface area (Å²) >= 11 is 1.29. The highest BCUT2D eigenvalue weighted by molar-refractivity contribution is 7.19. The Balaban J connectivity index is 2.91. The summed E-state index contributed by atoms with van der Waals surface area (Å²) in [5.41, 5.74) is 6.57. The van der Waals surface area contributed by atoms with E-state index in [9.17, 15) is 4.79 Å². The van der Waals surface area contributed by atoms with Gasteiger partial charge in [0.2, 0.25) is 0 Å². The van der Waals surface area contributed by atoms with Crippen molar-refractivity contribution < 1.29 is 4.79 Å². The van der Waals surface area contributed by atoms with Crippen molar-refractivity contribution in [3.05, 3.63) is 10.4 Å². The highest BCUT2D eigenvalue weighted by Crippen LogP contribution is 2.35. The molecule has 0 atom stereocenters. The second kappa shape index (κ2) is 6.41. The summed E-state index contributed by atoms with van der Waals surface area (Å²) in [7, 11) is 0. The van der Waals surface area contributed by atoms with Crippen LogP contribution in [0.2, 0.25) is 0 Å². The zero-order chi connectivity index (χ0) is 13.7. The molecule has 0 aliphatic carbocycles. The third kappa shape index (κ3) is 3.23. The van der Waals surface area contributed by atoms with E-state index in [0.717, 1.165) is 13.0 Å². The molecule has 1 aromatic rings. The first-order chi connectivity index (χ1) is 8.51. The molecule has 4 nitrogen and oxygen atoms in total. The van der Waals surface area contributed by atoms with Crippen LogP contribution in [0, 0.1) is 17.2 Å². The Bertz CT molecular complexity index is 471. The number of thiophene rings is 1. The number of ketones is 1. The van der Waals surface area contributed by atoms with E-state index in [-0.39, 0.29) is 5.78 Å². The number of anilines is 2. The normalized spacial score (nSPS) is 10.4. The third-order valence-electron chi connectivity index (χ3n) is 2.64. The summed E-state index contributed by atoms with van der Waals surface area (Å²) in [4.78, 5) is 12.2. The number of nitrogens with zero attached hydrogens (tertiary/aromatic N) is 1. The molecule has 18 heavy (non-hydrogen) atoms. The second-order valence-corrected chi connectivity index (χ2v) is 5.57. The van der Waals surface area contributed by atoms with Gasteiger partial charge in [-0.25, -0.2) is 0 Å². The molecule has 1 aromatic heterocycles. The van der Waals surface area contributed by atoms with Crippen LogP contribution in [0.3, 0.4) is 0 Å². The van der Waals surface area contributed by atoms with Gasteiger partial charge in [-0.05, 0) is 12.3 Å². The van der Waals surface area contributed by atoms with Crippen LogP contribution in [0.25, 0.3) is 0 Å². The maximum Gasteiger partial charge on any atom is 0.174 e. The lowest BCUT2D eigenvalue weighted by atomic mass is 10.1. The number of carbonyl (C=O) groups is 1. The van der Waals surface area contributed by atoms with Crippen molar-refractivity contribution in [1.82, 2.24) is 0 Å². The first kappa shape index (κ1) is 14.5. The highest BCUT2D eigenvalue weighted by atomic mass is 32.1. The molecule has 0 saturated heterocycles. The van der Waals surface area contributed by atoms with Crippen LogP contribution in [0.5, 0.6) is 0 Å². The van der Waals surface area contributed by atoms with E-state index in [0.29, 0.717) is 33.5 Å². The molecular weight excluding hydrogens is 246 g/mol.